The molecule has 0 amide bonds. The summed E-state index contributed by atoms with van der Waals surface area (Å²) in [5.74, 6) is -2.52. The van der Waals surface area contributed by atoms with E-state index in [9.17, 15) is 26.4 Å². The minimum atomic E-state index is -4.15. The molecule has 2 aromatic rings. The quantitative estimate of drug-likeness (QED) is 0.104. The first-order valence-electron chi connectivity index (χ1n) is 11.7. The van der Waals surface area contributed by atoms with E-state index in [2.05, 4.69) is 18.9 Å². The Morgan fingerprint density at radius 3 is 1.32 bits per heavy atom. The van der Waals surface area contributed by atoms with E-state index < -0.39 is 43.7 Å². The van der Waals surface area contributed by atoms with E-state index in [4.69, 9.17) is 9.47 Å². The number of hydrogen-bond donors (Lipinski definition) is 0. The highest BCUT2D eigenvalue weighted by molar-refractivity contribution is 8.18. The van der Waals surface area contributed by atoms with Gasteiger partial charge in [0.2, 0.25) is 10.1 Å². The Morgan fingerprint density at radius 1 is 0.650 bits per heavy atom. The van der Waals surface area contributed by atoms with Crippen LogP contribution in [0.5, 0.6) is 0 Å². The molecule has 0 N–H and O–H groups in total. The Labute approximate surface area is 241 Å². The maximum atomic E-state index is 12.3. The molecule has 0 aromatic heterocycles. The summed E-state index contributed by atoms with van der Waals surface area (Å²) in [5, 5.41) is 6.23. The standard InChI is InChI=1S/C24H28N2O10S4/c1-3-33-23(27)21(25-35-39(29,30)17-19-11-7-5-8-12-19)37-15-16-38-22(24(28)34-4-2)26-36-40(31,32)18-20-13-9-6-10-14-20/h5-14H,3-4,15-18H2,1-2H3/b25-21-,26-22-. The van der Waals surface area contributed by atoms with Gasteiger partial charge in [-0.2, -0.15) is 16.8 Å². The molecule has 0 aliphatic carbocycles. The summed E-state index contributed by atoms with van der Waals surface area (Å²) in [6.07, 6.45) is 0. The van der Waals surface area contributed by atoms with Crippen LogP contribution in [0.4, 0.5) is 0 Å². The highest BCUT2D eigenvalue weighted by Gasteiger charge is 2.21. The van der Waals surface area contributed by atoms with Crippen LogP contribution in [0.15, 0.2) is 71.0 Å². The monoisotopic (exact) mass is 632 g/mol. The first-order valence-corrected chi connectivity index (χ1v) is 16.8. The molecule has 40 heavy (non-hydrogen) atoms. The zero-order chi connectivity index (χ0) is 29.4. The van der Waals surface area contributed by atoms with Gasteiger partial charge in [0, 0.05) is 11.5 Å². The van der Waals surface area contributed by atoms with Crippen LogP contribution < -0.4 is 0 Å². The van der Waals surface area contributed by atoms with Crippen molar-refractivity contribution in [2.75, 3.05) is 24.7 Å². The summed E-state index contributed by atoms with van der Waals surface area (Å²) >= 11 is 1.62. The zero-order valence-electron chi connectivity index (χ0n) is 21.6. The van der Waals surface area contributed by atoms with Crippen molar-refractivity contribution in [3.05, 3.63) is 71.8 Å². The summed E-state index contributed by atoms with van der Waals surface area (Å²) in [5.41, 5.74) is 0.941. The lowest BCUT2D eigenvalue weighted by Crippen LogP contribution is -2.19. The number of ether oxygens (including phenoxy) is 2. The van der Waals surface area contributed by atoms with E-state index in [1.165, 1.54) is 0 Å². The summed E-state index contributed by atoms with van der Waals surface area (Å²) < 4.78 is 68.3. The van der Waals surface area contributed by atoms with Crippen LogP contribution in [0.25, 0.3) is 0 Å². The molecule has 0 heterocycles. The number of benzene rings is 2. The third-order valence-electron chi connectivity index (χ3n) is 4.30. The predicted molar refractivity (Wildman–Crippen MR) is 153 cm³/mol. The average Bonchev–Trinajstić information content (AvgIpc) is 2.90. The fourth-order valence-corrected chi connectivity index (χ4v) is 6.06. The van der Waals surface area contributed by atoms with Gasteiger partial charge < -0.3 is 9.47 Å². The lowest BCUT2D eigenvalue weighted by Gasteiger charge is -2.08. The molecular formula is C24H28N2O10S4. The molecule has 2 aromatic carbocycles. The minimum Gasteiger partial charge on any atom is -0.461 e. The number of oxime groups is 2. The maximum Gasteiger partial charge on any atom is 0.367 e. The van der Waals surface area contributed by atoms with E-state index in [1.54, 1.807) is 74.5 Å². The van der Waals surface area contributed by atoms with Crippen molar-refractivity contribution < 1.29 is 44.5 Å². The Hall–Kier alpha value is -3.08. The zero-order valence-corrected chi connectivity index (χ0v) is 24.9. The van der Waals surface area contributed by atoms with Crippen LogP contribution in [0, 0.1) is 0 Å². The minimum absolute atomic E-state index is 0.0123. The molecule has 16 heteroatoms. The van der Waals surface area contributed by atoms with E-state index in [0.717, 1.165) is 23.5 Å². The van der Waals surface area contributed by atoms with Gasteiger partial charge in [-0.15, -0.1) is 0 Å². The highest BCUT2D eigenvalue weighted by Crippen LogP contribution is 2.16. The van der Waals surface area contributed by atoms with Gasteiger partial charge in [-0.25, -0.2) is 9.59 Å². The maximum absolute atomic E-state index is 12.3. The number of hydrogen-bond acceptors (Lipinski definition) is 14. The molecule has 0 fully saturated rings. The number of nitrogens with zero attached hydrogens (tertiary/aromatic N) is 2. The SMILES string of the molecule is CCOC(=O)/C(=N/OS(=O)(=O)Cc1ccccc1)SCCS/C(=N\OS(=O)(=O)Cc1ccccc1)C(=O)OCC. The number of esters is 2. The molecule has 0 radical (unpaired) electrons. The predicted octanol–water partition coefficient (Wildman–Crippen LogP) is 3.30. The first kappa shape index (κ1) is 33.1. The van der Waals surface area contributed by atoms with Gasteiger partial charge in [0.05, 0.1) is 13.2 Å². The van der Waals surface area contributed by atoms with Crippen LogP contribution in [-0.2, 0) is 59.4 Å². The second-order valence-corrected chi connectivity index (χ2v) is 12.7. The van der Waals surface area contributed by atoms with Crippen molar-refractivity contribution >= 4 is 65.8 Å². The van der Waals surface area contributed by atoms with Crippen LogP contribution in [0.3, 0.4) is 0 Å². The molecule has 0 aliphatic rings. The molecule has 0 saturated heterocycles. The third kappa shape index (κ3) is 12.8. The van der Waals surface area contributed by atoms with Gasteiger partial charge in [0.1, 0.15) is 11.5 Å². The summed E-state index contributed by atoms with van der Waals surface area (Å²) in [4.78, 5) is 24.5. The lowest BCUT2D eigenvalue weighted by atomic mass is 10.2. The van der Waals surface area contributed by atoms with Gasteiger partial charge >= 0.3 is 32.2 Å². The second kappa shape index (κ2) is 16.9. The molecular weight excluding hydrogens is 605 g/mol. The van der Waals surface area contributed by atoms with Crippen LogP contribution >= 0.6 is 23.5 Å². The number of thioether (sulfide) groups is 2. The molecule has 0 saturated carbocycles. The van der Waals surface area contributed by atoms with E-state index in [-0.39, 0.29) is 34.8 Å². The van der Waals surface area contributed by atoms with E-state index in [0.29, 0.717) is 11.1 Å². The fourth-order valence-electron chi connectivity index (χ4n) is 2.70. The van der Waals surface area contributed by atoms with Crippen LogP contribution in [0.2, 0.25) is 0 Å². The topological polar surface area (TPSA) is 164 Å². The van der Waals surface area contributed by atoms with Crippen molar-refractivity contribution in [3.8, 4) is 0 Å². The van der Waals surface area contributed by atoms with Crippen LogP contribution in [-0.4, -0.2) is 63.6 Å². The normalized spacial score (nSPS) is 12.4. The van der Waals surface area contributed by atoms with Gasteiger partial charge in [-0.05, 0) is 25.0 Å². The largest absolute Gasteiger partial charge is 0.461 e. The van der Waals surface area contributed by atoms with Crippen molar-refractivity contribution in [2.24, 2.45) is 10.3 Å². The first-order chi connectivity index (χ1) is 19.0. The number of carbonyl (C=O) groups excluding carboxylic acids is 2. The second-order valence-electron chi connectivity index (χ2n) is 7.46. The molecule has 0 bridgehead atoms. The van der Waals surface area contributed by atoms with Gasteiger partial charge in [0.25, 0.3) is 0 Å². The molecule has 0 spiro atoms. The number of carbonyl (C=O) groups is 2. The molecule has 0 unspecified atom stereocenters. The van der Waals surface area contributed by atoms with Crippen molar-refractivity contribution in [2.45, 2.75) is 25.4 Å². The van der Waals surface area contributed by atoms with Crippen molar-refractivity contribution in [3.63, 3.8) is 0 Å². The lowest BCUT2D eigenvalue weighted by molar-refractivity contribution is -0.135. The van der Waals surface area contributed by atoms with E-state index in [1.807, 2.05) is 0 Å². The van der Waals surface area contributed by atoms with Crippen molar-refractivity contribution in [1.29, 1.82) is 0 Å². The average molecular weight is 633 g/mol. The van der Waals surface area contributed by atoms with Gasteiger partial charge in [0.15, 0.2) is 0 Å². The summed E-state index contributed by atoms with van der Waals surface area (Å²) in [7, 11) is -8.30. The number of rotatable bonds is 13. The Balaban J connectivity index is 2.03. The smallest absolute Gasteiger partial charge is 0.367 e. The van der Waals surface area contributed by atoms with Crippen molar-refractivity contribution in [1.82, 2.24) is 0 Å². The van der Waals surface area contributed by atoms with E-state index >= 15 is 0 Å². The van der Waals surface area contributed by atoms with Crippen LogP contribution in [0.1, 0.15) is 25.0 Å². The Morgan fingerprint density at radius 2 is 1.00 bits per heavy atom. The molecule has 0 atom stereocenters. The third-order valence-corrected chi connectivity index (χ3v) is 8.38. The molecule has 12 nitrogen and oxygen atoms in total. The summed E-state index contributed by atoms with van der Waals surface area (Å²) in [6.45, 7) is 3.16. The van der Waals surface area contributed by atoms with Gasteiger partial charge in [-0.1, -0.05) is 94.5 Å². The molecule has 0 aliphatic heterocycles. The molecule has 2 rings (SSSR count). The fraction of sp³-hybridized carbons (Fsp3) is 0.333. The Bertz CT molecular complexity index is 1270. The Kier molecular flexibility index (Phi) is 14.0. The molecule has 218 valence electrons. The summed E-state index contributed by atoms with van der Waals surface area (Å²) in [6, 6.07) is 16.5. The highest BCUT2D eigenvalue weighted by atomic mass is 32.2. The van der Waals surface area contributed by atoms with Gasteiger partial charge in [-0.3, -0.25) is 8.57 Å².